The van der Waals surface area contributed by atoms with E-state index in [4.69, 9.17) is 63.1 Å². The molecule has 4 saturated carbocycles. The van der Waals surface area contributed by atoms with Crippen molar-refractivity contribution >= 4 is 96.1 Å². The lowest BCUT2D eigenvalue weighted by Crippen LogP contribution is -2.58. The Morgan fingerprint density at radius 3 is 0.808 bits per heavy atom. The van der Waals surface area contributed by atoms with Crippen molar-refractivity contribution in [2.24, 2.45) is 0 Å². The van der Waals surface area contributed by atoms with Gasteiger partial charge < -0.3 is 150 Å². The summed E-state index contributed by atoms with van der Waals surface area (Å²) in [7, 11) is 4.06. The molecule has 0 heterocycles. The van der Waals surface area contributed by atoms with Gasteiger partial charge in [-0.15, -0.1) is 0 Å². The van der Waals surface area contributed by atoms with Gasteiger partial charge in [-0.2, -0.15) is 0 Å². The minimum absolute atomic E-state index is 0.0713. The first-order chi connectivity index (χ1) is 58.8. The number of benzene rings is 6. The summed E-state index contributed by atoms with van der Waals surface area (Å²) in [5.74, 6) is -12.5. The topological polar surface area (TPSA) is 679 Å². The first kappa shape index (κ1) is 98.2. The number of rotatable bonds is 25. The number of carbonyl (C=O) groups is 10. The maximum atomic E-state index is 12.5. The third-order valence-corrected chi connectivity index (χ3v) is 19.4. The van der Waals surface area contributed by atoms with Gasteiger partial charge in [0, 0.05) is 87.8 Å². The predicted octanol–water partition coefficient (Wildman–Crippen LogP) is 2.27. The fourth-order valence-corrected chi connectivity index (χ4v) is 12.8. The molecule has 6 aromatic rings. The largest absolute Gasteiger partial charge is 0.508 e. The highest BCUT2D eigenvalue weighted by Gasteiger charge is 2.55. The maximum absolute atomic E-state index is 12.5. The van der Waals surface area contributed by atoms with Crippen molar-refractivity contribution < 1.29 is 198 Å². The quantitative estimate of drug-likeness (QED) is 0.0169. The number of carboxylic acids is 4. The summed E-state index contributed by atoms with van der Waals surface area (Å²) in [6, 6.07) is 28.7. The monoisotopic (exact) mass is 1750 g/mol. The second-order valence-electron chi connectivity index (χ2n) is 28.7. The zero-order valence-corrected chi connectivity index (χ0v) is 66.2. The molecule has 0 amide bonds. The van der Waals surface area contributed by atoms with Crippen LogP contribution in [0.25, 0.3) is 36.5 Å². The van der Waals surface area contributed by atoms with Gasteiger partial charge in [0.1, 0.15) is 35.9 Å². The van der Waals surface area contributed by atoms with Crippen molar-refractivity contribution in [1.82, 2.24) is 0 Å². The molecule has 40 nitrogen and oxygen atoms in total. The van der Waals surface area contributed by atoms with E-state index in [1.54, 1.807) is 24.3 Å². The number of esters is 6. The van der Waals surface area contributed by atoms with E-state index in [0.29, 0.717) is 33.4 Å². The number of aromatic hydroxyl groups is 7. The number of phenolic OH excluding ortho intramolecular Hbond substituents is 7. The van der Waals surface area contributed by atoms with Crippen LogP contribution in [-0.4, -0.2) is 284 Å². The lowest BCUT2D eigenvalue weighted by Gasteiger charge is -2.40. The number of methoxy groups -OCH3 is 3. The van der Waals surface area contributed by atoms with E-state index in [0.717, 1.165) is 36.5 Å². The van der Waals surface area contributed by atoms with Crippen molar-refractivity contribution in [1.29, 1.82) is 0 Å². The van der Waals surface area contributed by atoms with Gasteiger partial charge in [0.25, 0.3) is 0 Å². The van der Waals surface area contributed by atoms with Crippen LogP contribution < -0.4 is 14.2 Å². The number of hydrogen-bond acceptors (Lipinski definition) is 36. The van der Waals surface area contributed by atoms with Gasteiger partial charge in [-0.3, -0.25) is 0 Å². The van der Waals surface area contributed by atoms with Crippen LogP contribution in [0.2, 0.25) is 0 Å². The molecular formula is C85H90O40. The fourth-order valence-electron chi connectivity index (χ4n) is 12.8. The number of carbonyl (C=O) groups excluding carboxylic acids is 6. The first-order valence-electron chi connectivity index (χ1n) is 37.2. The Morgan fingerprint density at radius 2 is 0.512 bits per heavy atom. The molecule has 4 aliphatic rings. The zero-order chi connectivity index (χ0) is 92.6. The molecular weight excluding hydrogens is 1660 g/mol. The lowest BCUT2D eigenvalue weighted by molar-refractivity contribution is -0.204. The number of aliphatic hydroxyl groups is 10. The standard InChI is InChI=1S/C27H28O12.C26H26O12.2C16H18O8/c1-36-20-11-15(3-7-17(20)28)5-9-23(31)38-22-14-27(35,26(33)34)13-19(30)25(22)39-24(32)10-6-16-4-8-18(29)21(12-16)37-2;1-36-20-11-15(3-7-17(20)28)5-9-23(32)38-24-19(30)12-26(35,25(33)34)13-21(24)37-22(31)8-4-14-2-6-16(27)18(29)10-14;17-10-4-1-9(2-5-10)3-6-13(19)24-12-8-16(23,15(21)22)7-11(18)14(12)20;17-10-4-1-9(2-5-10)3-6-13(20)24-14-11(18)7-16(23,15(21)22)8-12(14)19/h3-12,19,22,25,28-30,35H,13-14H2,1-2H3,(H,33,34);2-11,19,21,24,27-30,35H,12-13H2,1H3,(H,33,34);1-6,11-12,14,17-18,20,23H,7-8H2,(H,21,22);1-6,11-12,14,17-19,23H,7-8H2,(H,21,22)/b9-5+,10-6+;8-4+,9-5+;2*6-3+/t19?,22?,25-,27+;19?,21?,24-,26+;11?,12?,14-,16+;/m000./s1. The highest BCUT2D eigenvalue weighted by molar-refractivity contribution is 5.91. The average molecular weight is 1750 g/mol. The molecule has 0 aliphatic heterocycles. The van der Waals surface area contributed by atoms with E-state index in [9.17, 15) is 135 Å². The average Bonchev–Trinajstić information content (AvgIpc) is 0.808. The molecule has 0 aromatic heterocycles. The Hall–Kier alpha value is -13.9. The lowest BCUT2D eigenvalue weighted by atomic mass is 9.79. The van der Waals surface area contributed by atoms with Crippen LogP contribution >= 0.6 is 0 Å². The van der Waals surface area contributed by atoms with Crippen molar-refractivity contribution in [3.63, 3.8) is 0 Å². The van der Waals surface area contributed by atoms with Gasteiger partial charge in [-0.25, -0.2) is 47.9 Å². The number of hydrogen-bond donors (Lipinski definition) is 21. The second-order valence-corrected chi connectivity index (χ2v) is 28.7. The van der Waals surface area contributed by atoms with Crippen LogP contribution in [0, 0.1) is 0 Å². The summed E-state index contributed by atoms with van der Waals surface area (Å²) in [4.78, 5) is 119. The van der Waals surface area contributed by atoms with Gasteiger partial charge in [-0.05, 0) is 143 Å². The molecule has 14 atom stereocenters. The Balaban J connectivity index is 0.000000234. The second kappa shape index (κ2) is 43.7. The molecule has 4 aliphatic carbocycles. The van der Waals surface area contributed by atoms with Crippen LogP contribution in [0.4, 0.5) is 0 Å². The normalized spacial score (nSPS) is 25.8. The smallest absolute Gasteiger partial charge is 0.335 e. The van der Waals surface area contributed by atoms with Gasteiger partial charge in [-0.1, -0.05) is 48.5 Å². The number of ether oxygens (including phenoxy) is 9. The van der Waals surface area contributed by atoms with Crippen molar-refractivity contribution in [3.05, 3.63) is 191 Å². The minimum Gasteiger partial charge on any atom is -0.508 e. The van der Waals surface area contributed by atoms with Crippen molar-refractivity contribution in [2.45, 2.75) is 147 Å². The van der Waals surface area contributed by atoms with E-state index in [1.807, 2.05) is 0 Å². The van der Waals surface area contributed by atoms with E-state index in [2.05, 4.69) is 0 Å². The van der Waals surface area contributed by atoms with Gasteiger partial charge >= 0.3 is 59.7 Å². The van der Waals surface area contributed by atoms with E-state index < -0.39 is 212 Å². The molecule has 670 valence electrons. The molecule has 6 aromatic carbocycles. The van der Waals surface area contributed by atoms with E-state index in [-0.39, 0.29) is 51.7 Å². The molecule has 8 unspecified atom stereocenters. The number of aliphatic hydroxyl groups excluding tert-OH is 6. The molecule has 4 fully saturated rings. The summed E-state index contributed by atoms with van der Waals surface area (Å²) < 4.78 is 46.0. The molecule has 125 heavy (non-hydrogen) atoms. The number of aliphatic carboxylic acids is 4. The Kier molecular flexibility index (Phi) is 34.3. The summed E-state index contributed by atoms with van der Waals surface area (Å²) in [6.07, 6.45) is -8.82. The SMILES string of the molecule is COc1cc(/C=C/C(=O)OC2C[C@@](O)(C(=O)O)CC(O)[C@@H]2OC(=O)/C=C/c2ccc(O)c(OC)c2)ccc1O.COc1cc(/C=C/C(=O)O[C@H]2C(O)C[C@](O)(C(=O)O)CC2OC(=O)/C=C/c2ccc(O)c(O)c2)ccc1O.O=C(/C=C/c1ccc(O)cc1)OC1C(O)CC(O)(C(=O)O)CC1O.O=C(/C=C/c1ccc(O)cc1)OC1C[C@@](O)(C(=O)O)CC(O)[C@@H]1O. The highest BCUT2D eigenvalue weighted by atomic mass is 16.6. The molecule has 0 radical (unpaired) electrons. The summed E-state index contributed by atoms with van der Waals surface area (Å²) in [5, 5.41) is 204. The molecule has 10 rings (SSSR count). The number of phenols is 7. The predicted molar refractivity (Wildman–Crippen MR) is 427 cm³/mol. The number of carboxylic acid groups (broad SMARTS) is 4. The summed E-state index contributed by atoms with van der Waals surface area (Å²) >= 11 is 0. The van der Waals surface area contributed by atoms with Crippen LogP contribution in [0.15, 0.2) is 158 Å². The molecule has 0 saturated heterocycles. The summed E-state index contributed by atoms with van der Waals surface area (Å²) in [6.45, 7) is 0. The van der Waals surface area contributed by atoms with Crippen LogP contribution in [0.5, 0.6) is 57.5 Å². The maximum Gasteiger partial charge on any atom is 0.335 e. The molecule has 0 spiro atoms. The minimum atomic E-state index is -2.45. The molecule has 0 bridgehead atoms. The third kappa shape index (κ3) is 28.0. The summed E-state index contributed by atoms with van der Waals surface area (Å²) in [5.41, 5.74) is -6.45. The van der Waals surface area contributed by atoms with Crippen LogP contribution in [0.1, 0.15) is 84.7 Å². The van der Waals surface area contributed by atoms with Crippen molar-refractivity contribution in [2.75, 3.05) is 21.3 Å². The van der Waals surface area contributed by atoms with E-state index >= 15 is 0 Å². The Morgan fingerprint density at radius 1 is 0.280 bits per heavy atom. The highest BCUT2D eigenvalue weighted by Crippen LogP contribution is 2.39. The molecule has 21 N–H and O–H groups in total. The van der Waals surface area contributed by atoms with Crippen LogP contribution in [0.3, 0.4) is 0 Å². The molecule has 40 heteroatoms. The first-order valence-corrected chi connectivity index (χ1v) is 37.2. The van der Waals surface area contributed by atoms with Crippen LogP contribution in [-0.2, 0) is 76.4 Å². The van der Waals surface area contributed by atoms with Gasteiger partial charge in [0.05, 0.1) is 51.8 Å². The fraction of sp³-hybridized carbons (Fsp3) is 0.318. The Labute approximate surface area is 708 Å². The van der Waals surface area contributed by atoms with Gasteiger partial charge in [0.15, 0.2) is 86.7 Å². The Bertz CT molecular complexity index is 5020. The van der Waals surface area contributed by atoms with E-state index in [1.165, 1.54) is 155 Å². The zero-order valence-electron chi connectivity index (χ0n) is 66.2. The van der Waals surface area contributed by atoms with Crippen molar-refractivity contribution in [3.8, 4) is 57.5 Å². The van der Waals surface area contributed by atoms with Gasteiger partial charge in [0.2, 0.25) is 0 Å². The third-order valence-electron chi connectivity index (χ3n) is 19.4.